The zero-order valence-electron chi connectivity index (χ0n) is 16.7. The molecule has 1 aliphatic rings. The molecule has 2 aromatic carbocycles. The minimum Gasteiger partial charge on any atom is -0.493 e. The number of hydrogen-bond acceptors (Lipinski definition) is 5. The molecule has 154 valence electrons. The Hall–Kier alpha value is -2.93. The molecule has 0 unspecified atom stereocenters. The molecule has 0 aromatic heterocycles. The Kier molecular flexibility index (Phi) is 6.49. The number of nitro groups is 1. The lowest BCUT2D eigenvalue weighted by Crippen LogP contribution is -2.44. The van der Waals surface area contributed by atoms with E-state index in [0.717, 1.165) is 11.3 Å². The van der Waals surface area contributed by atoms with Crippen LogP contribution in [0.2, 0.25) is 0 Å². The number of ether oxygens (including phenoxy) is 2. The lowest BCUT2D eigenvalue weighted by Gasteiger charge is -2.36. The molecule has 0 spiro atoms. The first-order valence-corrected chi connectivity index (χ1v) is 9.78. The van der Waals surface area contributed by atoms with Crippen LogP contribution in [-0.4, -0.2) is 30.7 Å². The smallest absolute Gasteiger partial charge is 0.269 e. The van der Waals surface area contributed by atoms with E-state index in [1.165, 1.54) is 12.1 Å². The second kappa shape index (κ2) is 9.05. The predicted octanol–water partition coefficient (Wildman–Crippen LogP) is 4.32. The molecular weight excluding hydrogens is 372 g/mol. The molecule has 2 aromatic rings. The molecule has 0 radical (unpaired) electrons. The number of amides is 1. The highest BCUT2D eigenvalue weighted by atomic mass is 16.6. The molecule has 3 rings (SSSR count). The van der Waals surface area contributed by atoms with Crippen molar-refractivity contribution < 1.29 is 19.2 Å². The zero-order valence-corrected chi connectivity index (χ0v) is 16.7. The Bertz CT molecular complexity index is 841. The van der Waals surface area contributed by atoms with Gasteiger partial charge in [-0.15, -0.1) is 0 Å². The van der Waals surface area contributed by atoms with Gasteiger partial charge in [-0.05, 0) is 48.6 Å². The van der Waals surface area contributed by atoms with Crippen LogP contribution in [0.15, 0.2) is 48.5 Å². The van der Waals surface area contributed by atoms with Crippen LogP contribution in [0.25, 0.3) is 0 Å². The van der Waals surface area contributed by atoms with Gasteiger partial charge in [-0.25, -0.2) is 0 Å². The van der Waals surface area contributed by atoms with Gasteiger partial charge >= 0.3 is 0 Å². The van der Waals surface area contributed by atoms with Crippen LogP contribution in [0.3, 0.4) is 0 Å². The van der Waals surface area contributed by atoms with Gasteiger partial charge < -0.3 is 14.8 Å². The summed E-state index contributed by atoms with van der Waals surface area (Å²) >= 11 is 0. The summed E-state index contributed by atoms with van der Waals surface area (Å²) in [5, 5.41) is 13.9. The third-order valence-electron chi connectivity index (χ3n) is 5.11. The van der Waals surface area contributed by atoms with Crippen LogP contribution >= 0.6 is 0 Å². The molecule has 7 heteroatoms. The number of rotatable bonds is 7. The topological polar surface area (TPSA) is 90.7 Å². The van der Waals surface area contributed by atoms with Gasteiger partial charge in [0.15, 0.2) is 0 Å². The van der Waals surface area contributed by atoms with Gasteiger partial charge in [0, 0.05) is 31.0 Å². The van der Waals surface area contributed by atoms with Gasteiger partial charge in [0.1, 0.15) is 5.75 Å². The lowest BCUT2D eigenvalue weighted by molar-refractivity contribution is -0.384. The summed E-state index contributed by atoms with van der Waals surface area (Å²) in [6, 6.07) is 13.5. The fourth-order valence-corrected chi connectivity index (χ4v) is 3.42. The number of anilines is 1. The van der Waals surface area contributed by atoms with Crippen molar-refractivity contribution in [2.75, 3.05) is 25.1 Å². The fourth-order valence-electron chi connectivity index (χ4n) is 3.42. The van der Waals surface area contributed by atoms with Gasteiger partial charge in [-0.2, -0.15) is 0 Å². The quantitative estimate of drug-likeness (QED) is 0.554. The first-order valence-electron chi connectivity index (χ1n) is 9.78. The molecule has 1 aliphatic heterocycles. The third-order valence-corrected chi connectivity index (χ3v) is 5.11. The molecular formula is C22H26N2O5. The average Bonchev–Trinajstić information content (AvgIpc) is 2.73. The standard InChI is InChI=1S/C22H26N2O5/c1-16(2)15-29-20-9-5-18(6-10-20)23-21(25)22(11-13-28-14-12-22)17-3-7-19(8-4-17)24(26)27/h3-10,16H,11-15H2,1-2H3,(H,23,25). The number of benzene rings is 2. The maximum absolute atomic E-state index is 13.3. The molecule has 0 saturated carbocycles. The number of nitro benzene ring substituents is 1. The molecule has 0 atom stereocenters. The number of nitrogens with one attached hydrogen (secondary N) is 1. The summed E-state index contributed by atoms with van der Waals surface area (Å²) in [5.41, 5.74) is 0.675. The van der Waals surface area contributed by atoms with Crippen molar-refractivity contribution in [3.63, 3.8) is 0 Å². The molecule has 1 N–H and O–H groups in total. The van der Waals surface area contributed by atoms with Crippen molar-refractivity contribution in [1.82, 2.24) is 0 Å². The number of nitrogens with zero attached hydrogens (tertiary/aromatic N) is 1. The van der Waals surface area contributed by atoms with Crippen molar-refractivity contribution >= 4 is 17.3 Å². The monoisotopic (exact) mass is 398 g/mol. The molecule has 29 heavy (non-hydrogen) atoms. The summed E-state index contributed by atoms with van der Waals surface area (Å²) in [7, 11) is 0. The first-order chi connectivity index (χ1) is 13.9. The molecule has 1 saturated heterocycles. The van der Waals surface area contributed by atoms with Crippen molar-refractivity contribution in [3.05, 3.63) is 64.2 Å². The van der Waals surface area contributed by atoms with E-state index >= 15 is 0 Å². The Morgan fingerprint density at radius 2 is 1.76 bits per heavy atom. The Morgan fingerprint density at radius 1 is 1.14 bits per heavy atom. The number of hydrogen-bond donors (Lipinski definition) is 1. The second-order valence-electron chi connectivity index (χ2n) is 7.68. The maximum Gasteiger partial charge on any atom is 0.269 e. The summed E-state index contributed by atoms with van der Waals surface area (Å²) in [5.74, 6) is 1.06. The van der Waals surface area contributed by atoms with Gasteiger partial charge in [0.2, 0.25) is 5.91 Å². The lowest BCUT2D eigenvalue weighted by atomic mass is 9.73. The van der Waals surface area contributed by atoms with E-state index in [1.54, 1.807) is 12.1 Å². The highest BCUT2D eigenvalue weighted by Crippen LogP contribution is 2.37. The maximum atomic E-state index is 13.3. The van der Waals surface area contributed by atoms with E-state index < -0.39 is 10.3 Å². The van der Waals surface area contributed by atoms with Crippen LogP contribution < -0.4 is 10.1 Å². The molecule has 1 fully saturated rings. The molecule has 7 nitrogen and oxygen atoms in total. The summed E-state index contributed by atoms with van der Waals surface area (Å²) in [6.07, 6.45) is 1.04. The van der Waals surface area contributed by atoms with Gasteiger partial charge in [0.25, 0.3) is 5.69 Å². The van der Waals surface area contributed by atoms with Crippen LogP contribution in [-0.2, 0) is 14.9 Å². The molecule has 1 heterocycles. The zero-order chi connectivity index (χ0) is 20.9. The van der Waals surface area contributed by atoms with Crippen molar-refractivity contribution in [2.24, 2.45) is 5.92 Å². The van der Waals surface area contributed by atoms with E-state index in [2.05, 4.69) is 19.2 Å². The molecule has 0 bridgehead atoms. The van der Waals surface area contributed by atoms with E-state index in [9.17, 15) is 14.9 Å². The van der Waals surface area contributed by atoms with Gasteiger partial charge in [-0.3, -0.25) is 14.9 Å². The number of carbonyl (C=O) groups excluding carboxylic acids is 1. The first kappa shape index (κ1) is 20.8. The van der Waals surface area contributed by atoms with Gasteiger partial charge in [-0.1, -0.05) is 26.0 Å². The number of carbonyl (C=O) groups is 1. The van der Waals surface area contributed by atoms with E-state index in [-0.39, 0.29) is 11.6 Å². The van der Waals surface area contributed by atoms with Crippen LogP contribution in [0.4, 0.5) is 11.4 Å². The normalized spacial score (nSPS) is 15.7. The highest BCUT2D eigenvalue weighted by Gasteiger charge is 2.42. The van der Waals surface area contributed by atoms with Crippen LogP contribution in [0.1, 0.15) is 32.3 Å². The summed E-state index contributed by atoms with van der Waals surface area (Å²) in [4.78, 5) is 23.8. The highest BCUT2D eigenvalue weighted by molar-refractivity contribution is 5.99. The Morgan fingerprint density at radius 3 is 2.31 bits per heavy atom. The van der Waals surface area contributed by atoms with E-state index in [0.29, 0.717) is 44.3 Å². The van der Waals surface area contributed by atoms with Crippen LogP contribution in [0.5, 0.6) is 5.75 Å². The number of non-ortho nitro benzene ring substituents is 1. The van der Waals surface area contributed by atoms with Crippen LogP contribution in [0, 0.1) is 16.0 Å². The van der Waals surface area contributed by atoms with Crippen molar-refractivity contribution in [2.45, 2.75) is 32.1 Å². The summed E-state index contributed by atoms with van der Waals surface area (Å²) < 4.78 is 11.1. The summed E-state index contributed by atoms with van der Waals surface area (Å²) in [6.45, 7) is 5.73. The Balaban J connectivity index is 1.78. The van der Waals surface area contributed by atoms with Gasteiger partial charge in [0.05, 0.1) is 16.9 Å². The average molecular weight is 398 g/mol. The van der Waals surface area contributed by atoms with Crippen molar-refractivity contribution in [1.29, 1.82) is 0 Å². The van der Waals surface area contributed by atoms with E-state index in [1.807, 2.05) is 24.3 Å². The second-order valence-corrected chi connectivity index (χ2v) is 7.68. The molecule has 1 amide bonds. The van der Waals surface area contributed by atoms with Crippen molar-refractivity contribution in [3.8, 4) is 5.75 Å². The molecule has 0 aliphatic carbocycles. The Labute approximate surface area is 170 Å². The fraction of sp³-hybridized carbons (Fsp3) is 0.409. The van der Waals surface area contributed by atoms with E-state index in [4.69, 9.17) is 9.47 Å². The minimum absolute atomic E-state index is 0.00774. The largest absolute Gasteiger partial charge is 0.493 e. The minimum atomic E-state index is -0.778. The third kappa shape index (κ3) is 4.92. The SMILES string of the molecule is CC(C)COc1ccc(NC(=O)C2(c3ccc([N+](=O)[O-])cc3)CCOCC2)cc1. The predicted molar refractivity (Wildman–Crippen MR) is 110 cm³/mol.